The molecular formula is C17H21FN2O2S. The number of halogens is 1. The predicted molar refractivity (Wildman–Crippen MR) is 91.2 cm³/mol. The molecule has 0 aliphatic heterocycles. The Morgan fingerprint density at radius 2 is 1.83 bits per heavy atom. The molecule has 0 fully saturated rings. The number of rotatable bonds is 6. The van der Waals surface area contributed by atoms with Gasteiger partial charge in [-0.05, 0) is 55.9 Å². The maximum Gasteiger partial charge on any atom is 0.236 e. The molecule has 6 heteroatoms. The maximum absolute atomic E-state index is 13.2. The first-order valence-electron chi connectivity index (χ1n) is 7.24. The summed E-state index contributed by atoms with van der Waals surface area (Å²) in [6.07, 6.45) is 0. The lowest BCUT2D eigenvalue weighted by atomic mass is 10.1. The minimum atomic E-state index is -3.60. The predicted octanol–water partition coefficient (Wildman–Crippen LogP) is 3.14. The summed E-state index contributed by atoms with van der Waals surface area (Å²) in [6, 6.07) is 11.3. The van der Waals surface area contributed by atoms with Crippen LogP contribution in [0.2, 0.25) is 0 Å². The largest absolute Gasteiger partial charge is 0.305 e. The molecule has 0 heterocycles. The highest BCUT2D eigenvalue weighted by Gasteiger charge is 2.14. The molecule has 0 saturated heterocycles. The summed E-state index contributed by atoms with van der Waals surface area (Å²) in [5.74, 6) is -0.705. The van der Waals surface area contributed by atoms with E-state index in [0.29, 0.717) is 11.3 Å². The standard InChI is InChI=1S/C17H21FN2O2S/c1-13-7-8-14(11-20(2)3)10-17(13)19-23(21,22)12-15-5-4-6-16(18)9-15/h4-10,19H,11-12H2,1-3H3. The third-order valence-electron chi connectivity index (χ3n) is 3.31. The van der Waals surface area contributed by atoms with Crippen LogP contribution in [0.1, 0.15) is 16.7 Å². The van der Waals surface area contributed by atoms with Gasteiger partial charge in [-0.3, -0.25) is 4.72 Å². The Morgan fingerprint density at radius 3 is 2.48 bits per heavy atom. The van der Waals surface area contributed by atoms with E-state index in [1.165, 1.54) is 18.2 Å². The normalized spacial score (nSPS) is 11.7. The molecule has 2 aromatic rings. The van der Waals surface area contributed by atoms with Crippen LogP contribution < -0.4 is 4.72 Å². The second-order valence-electron chi connectivity index (χ2n) is 5.88. The average Bonchev–Trinajstić information content (AvgIpc) is 2.41. The van der Waals surface area contributed by atoms with Crippen molar-refractivity contribution in [3.8, 4) is 0 Å². The highest BCUT2D eigenvalue weighted by Crippen LogP contribution is 2.20. The Morgan fingerprint density at radius 1 is 1.09 bits per heavy atom. The van der Waals surface area contributed by atoms with E-state index in [-0.39, 0.29) is 5.75 Å². The molecule has 0 bridgehead atoms. The zero-order valence-corrected chi connectivity index (χ0v) is 14.3. The first kappa shape index (κ1) is 17.4. The lowest BCUT2D eigenvalue weighted by Crippen LogP contribution is -2.16. The number of benzene rings is 2. The SMILES string of the molecule is Cc1ccc(CN(C)C)cc1NS(=O)(=O)Cc1cccc(F)c1. The van der Waals surface area contributed by atoms with E-state index in [4.69, 9.17) is 0 Å². The van der Waals surface area contributed by atoms with Crippen molar-refractivity contribution in [2.45, 2.75) is 19.2 Å². The fourth-order valence-electron chi connectivity index (χ4n) is 2.29. The zero-order chi connectivity index (χ0) is 17.0. The van der Waals surface area contributed by atoms with Gasteiger partial charge in [-0.15, -0.1) is 0 Å². The highest BCUT2D eigenvalue weighted by atomic mass is 32.2. The molecule has 23 heavy (non-hydrogen) atoms. The minimum Gasteiger partial charge on any atom is -0.305 e. The molecule has 0 aliphatic carbocycles. The Labute approximate surface area is 137 Å². The summed E-state index contributed by atoms with van der Waals surface area (Å²) in [5.41, 5.74) is 2.83. The number of aryl methyl sites for hydroxylation is 1. The lowest BCUT2D eigenvalue weighted by molar-refractivity contribution is 0.402. The first-order chi connectivity index (χ1) is 10.7. The average molecular weight is 336 g/mol. The van der Waals surface area contributed by atoms with Crippen LogP contribution in [0.25, 0.3) is 0 Å². The summed E-state index contributed by atoms with van der Waals surface area (Å²) in [5, 5.41) is 0. The maximum atomic E-state index is 13.2. The summed E-state index contributed by atoms with van der Waals surface area (Å²) in [6.45, 7) is 2.57. The zero-order valence-electron chi connectivity index (χ0n) is 13.5. The molecule has 0 saturated carbocycles. The first-order valence-corrected chi connectivity index (χ1v) is 8.89. The summed E-state index contributed by atoms with van der Waals surface area (Å²) >= 11 is 0. The number of nitrogens with one attached hydrogen (secondary N) is 1. The van der Waals surface area contributed by atoms with Crippen molar-refractivity contribution in [1.29, 1.82) is 0 Å². The third-order valence-corrected chi connectivity index (χ3v) is 4.56. The van der Waals surface area contributed by atoms with E-state index in [1.807, 2.05) is 44.1 Å². The quantitative estimate of drug-likeness (QED) is 0.882. The van der Waals surface area contributed by atoms with Crippen LogP contribution in [-0.4, -0.2) is 27.4 Å². The van der Waals surface area contributed by atoms with Gasteiger partial charge in [-0.1, -0.05) is 24.3 Å². The van der Waals surface area contributed by atoms with Crippen molar-refractivity contribution in [2.24, 2.45) is 0 Å². The monoisotopic (exact) mass is 336 g/mol. The van der Waals surface area contributed by atoms with E-state index in [2.05, 4.69) is 4.72 Å². The molecule has 2 aromatic carbocycles. The van der Waals surface area contributed by atoms with Crippen LogP contribution in [0.15, 0.2) is 42.5 Å². The molecule has 1 N–H and O–H groups in total. The molecule has 4 nitrogen and oxygen atoms in total. The fraction of sp³-hybridized carbons (Fsp3) is 0.294. The van der Waals surface area contributed by atoms with Gasteiger partial charge >= 0.3 is 0 Å². The van der Waals surface area contributed by atoms with Crippen LogP contribution in [0.4, 0.5) is 10.1 Å². The van der Waals surface area contributed by atoms with Crippen molar-refractivity contribution in [3.05, 3.63) is 65.0 Å². The number of anilines is 1. The van der Waals surface area contributed by atoms with Crippen molar-refractivity contribution < 1.29 is 12.8 Å². The van der Waals surface area contributed by atoms with Crippen molar-refractivity contribution in [2.75, 3.05) is 18.8 Å². The Kier molecular flexibility index (Phi) is 5.38. The van der Waals surface area contributed by atoms with Crippen molar-refractivity contribution in [3.63, 3.8) is 0 Å². The number of nitrogens with zero attached hydrogens (tertiary/aromatic N) is 1. The van der Waals surface area contributed by atoms with E-state index >= 15 is 0 Å². The van der Waals surface area contributed by atoms with Gasteiger partial charge in [0.05, 0.1) is 11.4 Å². The number of hydrogen-bond acceptors (Lipinski definition) is 3. The van der Waals surface area contributed by atoms with Gasteiger partial charge in [-0.2, -0.15) is 0 Å². The molecule has 0 atom stereocenters. The second-order valence-corrected chi connectivity index (χ2v) is 7.60. The number of hydrogen-bond donors (Lipinski definition) is 1. The fourth-order valence-corrected chi connectivity index (χ4v) is 3.54. The van der Waals surface area contributed by atoms with Gasteiger partial charge in [0.2, 0.25) is 10.0 Å². The Hall–Kier alpha value is -1.92. The Bertz CT molecular complexity index is 789. The lowest BCUT2D eigenvalue weighted by Gasteiger charge is -2.14. The molecular weight excluding hydrogens is 315 g/mol. The Balaban J connectivity index is 2.19. The van der Waals surface area contributed by atoms with E-state index in [0.717, 1.165) is 17.7 Å². The van der Waals surface area contributed by atoms with Crippen LogP contribution in [0, 0.1) is 12.7 Å². The van der Waals surface area contributed by atoms with E-state index < -0.39 is 15.8 Å². The molecule has 2 rings (SSSR count). The van der Waals surface area contributed by atoms with Crippen LogP contribution in [0.3, 0.4) is 0 Å². The summed E-state index contributed by atoms with van der Waals surface area (Å²) in [4.78, 5) is 2.01. The third kappa shape index (κ3) is 5.33. The van der Waals surface area contributed by atoms with Crippen LogP contribution in [-0.2, 0) is 22.3 Å². The second kappa shape index (κ2) is 7.10. The van der Waals surface area contributed by atoms with Gasteiger partial charge in [0, 0.05) is 6.54 Å². The van der Waals surface area contributed by atoms with Gasteiger partial charge < -0.3 is 4.90 Å². The van der Waals surface area contributed by atoms with Gasteiger partial charge in [0.15, 0.2) is 0 Å². The summed E-state index contributed by atoms with van der Waals surface area (Å²) < 4.78 is 40.4. The highest BCUT2D eigenvalue weighted by molar-refractivity contribution is 7.91. The van der Waals surface area contributed by atoms with Crippen molar-refractivity contribution >= 4 is 15.7 Å². The molecule has 0 aliphatic rings. The molecule has 124 valence electrons. The van der Waals surface area contributed by atoms with Crippen LogP contribution >= 0.6 is 0 Å². The van der Waals surface area contributed by atoms with Crippen LogP contribution in [0.5, 0.6) is 0 Å². The van der Waals surface area contributed by atoms with E-state index in [1.54, 1.807) is 6.07 Å². The topological polar surface area (TPSA) is 49.4 Å². The van der Waals surface area contributed by atoms with Crippen molar-refractivity contribution in [1.82, 2.24) is 4.90 Å². The molecule has 0 aromatic heterocycles. The molecule has 0 unspecified atom stereocenters. The molecule has 0 radical (unpaired) electrons. The smallest absolute Gasteiger partial charge is 0.236 e. The molecule has 0 amide bonds. The number of sulfonamides is 1. The van der Waals surface area contributed by atoms with Gasteiger partial charge in [-0.25, -0.2) is 12.8 Å². The minimum absolute atomic E-state index is 0.262. The summed E-state index contributed by atoms with van der Waals surface area (Å²) in [7, 11) is 0.302. The van der Waals surface area contributed by atoms with E-state index in [9.17, 15) is 12.8 Å². The van der Waals surface area contributed by atoms with Gasteiger partial charge in [0.1, 0.15) is 5.82 Å². The van der Waals surface area contributed by atoms with Gasteiger partial charge in [0.25, 0.3) is 0 Å². The molecule has 0 spiro atoms.